The highest BCUT2D eigenvalue weighted by atomic mass is 16.4. The van der Waals surface area contributed by atoms with E-state index in [0.717, 1.165) is 25.3 Å². The van der Waals surface area contributed by atoms with Crippen LogP contribution in [0.5, 0.6) is 0 Å². The Kier molecular flexibility index (Phi) is 14.7. The normalized spacial score (nSPS) is 12.1. The van der Waals surface area contributed by atoms with E-state index in [4.69, 9.17) is 5.11 Å². The number of rotatable bonds is 13. The molecule has 2 heteroatoms. The fourth-order valence-corrected chi connectivity index (χ4v) is 1.94. The van der Waals surface area contributed by atoms with Gasteiger partial charge in [0.25, 0.3) is 0 Å². The van der Waals surface area contributed by atoms with Gasteiger partial charge in [0.05, 0.1) is 0 Å². The predicted molar refractivity (Wildman–Crippen MR) is 86.9 cm³/mol. The molecule has 0 spiro atoms. The molecular formula is C18H30O2. The molecule has 0 aliphatic carbocycles. The van der Waals surface area contributed by atoms with Gasteiger partial charge in [0, 0.05) is 6.08 Å². The molecule has 2 nitrogen and oxygen atoms in total. The average molecular weight is 278 g/mol. The monoisotopic (exact) mass is 278 g/mol. The van der Waals surface area contributed by atoms with E-state index < -0.39 is 5.97 Å². The first-order chi connectivity index (χ1) is 9.77. The van der Waals surface area contributed by atoms with Crippen LogP contribution < -0.4 is 0 Å². The predicted octanol–water partition coefficient (Wildman–Crippen LogP) is 5.66. The number of hydrogen-bond acceptors (Lipinski definition) is 1. The number of hydrogen-bond donors (Lipinski definition) is 1. The van der Waals surface area contributed by atoms with Crippen LogP contribution in [0, 0.1) is 0 Å². The van der Waals surface area contributed by atoms with E-state index in [2.05, 4.69) is 19.1 Å². The van der Waals surface area contributed by atoms with Crippen LogP contribution in [0.1, 0.15) is 71.1 Å². The summed E-state index contributed by atoms with van der Waals surface area (Å²) in [6.45, 7) is 2.25. The summed E-state index contributed by atoms with van der Waals surface area (Å²) >= 11 is 0. The first-order valence-electron chi connectivity index (χ1n) is 7.98. The van der Waals surface area contributed by atoms with E-state index >= 15 is 0 Å². The second kappa shape index (κ2) is 15.7. The first-order valence-corrected chi connectivity index (χ1v) is 7.98. The summed E-state index contributed by atoms with van der Waals surface area (Å²) in [5, 5.41) is 8.39. The van der Waals surface area contributed by atoms with Gasteiger partial charge < -0.3 is 5.11 Å². The molecule has 0 aliphatic heterocycles. The Morgan fingerprint density at radius 1 is 0.800 bits per heavy atom. The van der Waals surface area contributed by atoms with Crippen molar-refractivity contribution in [2.24, 2.45) is 0 Å². The molecule has 0 aromatic rings. The van der Waals surface area contributed by atoms with E-state index in [1.54, 1.807) is 12.2 Å². The smallest absolute Gasteiger partial charge is 0.328 e. The third kappa shape index (κ3) is 16.7. The van der Waals surface area contributed by atoms with E-state index in [1.165, 1.54) is 44.9 Å². The minimum atomic E-state index is -0.896. The van der Waals surface area contributed by atoms with Crippen molar-refractivity contribution in [3.05, 3.63) is 36.5 Å². The van der Waals surface area contributed by atoms with E-state index in [9.17, 15) is 4.79 Å². The van der Waals surface area contributed by atoms with Gasteiger partial charge in [0.15, 0.2) is 0 Å². The van der Waals surface area contributed by atoms with Gasteiger partial charge in [-0.15, -0.1) is 0 Å². The van der Waals surface area contributed by atoms with Crippen LogP contribution in [0.3, 0.4) is 0 Å². The lowest BCUT2D eigenvalue weighted by molar-refractivity contribution is -0.131. The van der Waals surface area contributed by atoms with E-state index in [0.29, 0.717) is 0 Å². The van der Waals surface area contributed by atoms with Gasteiger partial charge in [-0.1, -0.05) is 69.4 Å². The lowest BCUT2D eigenvalue weighted by atomic mass is 10.1. The van der Waals surface area contributed by atoms with Crippen molar-refractivity contribution in [3.8, 4) is 0 Å². The molecule has 0 aromatic carbocycles. The van der Waals surface area contributed by atoms with Crippen molar-refractivity contribution >= 4 is 5.97 Å². The fourth-order valence-electron chi connectivity index (χ4n) is 1.94. The molecule has 0 aliphatic rings. The molecule has 0 bridgehead atoms. The van der Waals surface area contributed by atoms with Crippen molar-refractivity contribution in [1.29, 1.82) is 0 Å². The minimum Gasteiger partial charge on any atom is -0.478 e. The van der Waals surface area contributed by atoms with Crippen LogP contribution in [-0.4, -0.2) is 11.1 Å². The molecule has 0 radical (unpaired) electrons. The summed E-state index contributed by atoms with van der Waals surface area (Å²) < 4.78 is 0. The van der Waals surface area contributed by atoms with Crippen molar-refractivity contribution in [2.45, 2.75) is 71.1 Å². The van der Waals surface area contributed by atoms with Crippen LogP contribution in [-0.2, 0) is 4.79 Å². The number of carboxylic acids is 1. The van der Waals surface area contributed by atoms with Crippen molar-refractivity contribution in [3.63, 3.8) is 0 Å². The highest BCUT2D eigenvalue weighted by Crippen LogP contribution is 2.07. The van der Waals surface area contributed by atoms with E-state index in [1.807, 2.05) is 6.08 Å². The zero-order chi connectivity index (χ0) is 14.9. The summed E-state index contributed by atoms with van der Waals surface area (Å²) in [5.74, 6) is -0.896. The molecule has 1 N–H and O–H groups in total. The maximum atomic E-state index is 10.2. The molecule has 0 atom stereocenters. The van der Waals surface area contributed by atoms with Crippen molar-refractivity contribution < 1.29 is 9.90 Å². The molecular weight excluding hydrogens is 248 g/mol. The van der Waals surface area contributed by atoms with Crippen molar-refractivity contribution in [1.82, 2.24) is 0 Å². The Morgan fingerprint density at radius 3 is 2.10 bits per heavy atom. The SMILES string of the molecule is CCCCCCCCC=CCCCC=CC=CC(=O)O. The molecule has 0 rings (SSSR count). The van der Waals surface area contributed by atoms with Crippen LogP contribution in [0.15, 0.2) is 36.5 Å². The van der Waals surface area contributed by atoms with Gasteiger partial charge in [0.2, 0.25) is 0 Å². The van der Waals surface area contributed by atoms with Gasteiger partial charge in [-0.2, -0.15) is 0 Å². The summed E-state index contributed by atoms with van der Waals surface area (Å²) in [7, 11) is 0. The molecule has 114 valence electrons. The van der Waals surface area contributed by atoms with Gasteiger partial charge in [-0.05, 0) is 32.1 Å². The molecule has 0 heterocycles. The molecule has 0 fully saturated rings. The Morgan fingerprint density at radius 2 is 1.40 bits per heavy atom. The second-order valence-electron chi connectivity index (χ2n) is 5.08. The number of aliphatic carboxylic acids is 1. The summed E-state index contributed by atoms with van der Waals surface area (Å²) in [5.41, 5.74) is 0. The Balaban J connectivity index is 3.25. The Labute approximate surface area is 124 Å². The molecule has 0 saturated carbocycles. The van der Waals surface area contributed by atoms with E-state index in [-0.39, 0.29) is 0 Å². The highest BCUT2D eigenvalue weighted by molar-refractivity contribution is 5.80. The summed E-state index contributed by atoms with van der Waals surface area (Å²) in [4.78, 5) is 10.2. The maximum absolute atomic E-state index is 10.2. The third-order valence-electron chi connectivity index (χ3n) is 3.12. The molecule has 0 unspecified atom stereocenters. The third-order valence-corrected chi connectivity index (χ3v) is 3.12. The largest absolute Gasteiger partial charge is 0.478 e. The number of carboxylic acid groups (broad SMARTS) is 1. The molecule has 0 amide bonds. The number of unbranched alkanes of at least 4 members (excludes halogenated alkanes) is 8. The Bertz CT molecular complexity index is 301. The van der Waals surface area contributed by atoms with Gasteiger partial charge in [-0.25, -0.2) is 4.79 Å². The van der Waals surface area contributed by atoms with Gasteiger partial charge >= 0.3 is 5.97 Å². The first kappa shape index (κ1) is 18.7. The molecule has 0 aromatic heterocycles. The lowest BCUT2D eigenvalue weighted by Crippen LogP contribution is -1.84. The zero-order valence-electron chi connectivity index (χ0n) is 12.9. The zero-order valence-corrected chi connectivity index (χ0v) is 12.9. The number of carbonyl (C=O) groups is 1. The number of allylic oxidation sites excluding steroid dienone is 5. The quantitative estimate of drug-likeness (QED) is 0.204. The lowest BCUT2D eigenvalue weighted by Gasteiger charge is -1.97. The topological polar surface area (TPSA) is 37.3 Å². The standard InChI is InChI=1S/C18H30O2/c1-2-3-4-5-6-7-8-9-10-11-12-13-14-15-16-17-18(19)20/h9-10,14-17H,2-8,11-13H2,1H3,(H,19,20). The van der Waals surface area contributed by atoms with Crippen LogP contribution >= 0.6 is 0 Å². The maximum Gasteiger partial charge on any atom is 0.328 e. The van der Waals surface area contributed by atoms with Gasteiger partial charge in [-0.3, -0.25) is 0 Å². The van der Waals surface area contributed by atoms with Gasteiger partial charge in [0.1, 0.15) is 0 Å². The van der Waals surface area contributed by atoms with Crippen LogP contribution in [0.25, 0.3) is 0 Å². The van der Waals surface area contributed by atoms with Crippen molar-refractivity contribution in [2.75, 3.05) is 0 Å². The van der Waals surface area contributed by atoms with Crippen LogP contribution in [0.4, 0.5) is 0 Å². The highest BCUT2D eigenvalue weighted by Gasteiger charge is 1.88. The molecule has 0 saturated heterocycles. The Hall–Kier alpha value is -1.31. The second-order valence-corrected chi connectivity index (χ2v) is 5.08. The summed E-state index contributed by atoms with van der Waals surface area (Å²) in [6, 6.07) is 0. The van der Waals surface area contributed by atoms with Crippen LogP contribution in [0.2, 0.25) is 0 Å². The average Bonchev–Trinajstić information content (AvgIpc) is 2.43. The molecule has 20 heavy (non-hydrogen) atoms. The summed E-state index contributed by atoms with van der Waals surface area (Å²) in [6.07, 6.45) is 23.7. The fraction of sp³-hybridized carbons (Fsp3) is 0.611. The minimum absolute atomic E-state index is 0.896.